The molecule has 3 aromatic rings. The van der Waals surface area contributed by atoms with Crippen LogP contribution >= 0.6 is 0 Å². The number of ether oxygens (including phenoxy) is 1. The fourth-order valence-electron chi connectivity index (χ4n) is 4.25. The lowest BCUT2D eigenvalue weighted by molar-refractivity contribution is -0.132. The molecule has 4 rings (SSSR count). The number of aromatic amines is 1. The fraction of sp³-hybridized carbons (Fsp3) is 0.320. The summed E-state index contributed by atoms with van der Waals surface area (Å²) in [6.45, 7) is 0.682. The van der Waals surface area contributed by atoms with E-state index in [-0.39, 0.29) is 24.4 Å². The highest BCUT2D eigenvalue weighted by atomic mass is 16.5. The Morgan fingerprint density at radius 3 is 2.59 bits per heavy atom. The molecular formula is C25H28N4O3. The number of amides is 2. The van der Waals surface area contributed by atoms with Gasteiger partial charge in [-0.05, 0) is 30.4 Å². The topological polar surface area (TPSA) is 87.3 Å². The van der Waals surface area contributed by atoms with Crippen molar-refractivity contribution in [2.45, 2.75) is 37.8 Å². The number of hydrogen-bond donors (Lipinski definition) is 2. The van der Waals surface area contributed by atoms with Crippen molar-refractivity contribution >= 4 is 12.0 Å². The van der Waals surface area contributed by atoms with Gasteiger partial charge in [-0.2, -0.15) is 0 Å². The van der Waals surface area contributed by atoms with Crippen LogP contribution in [0.25, 0.3) is 11.3 Å². The lowest BCUT2D eigenvalue weighted by atomic mass is 10.0. The van der Waals surface area contributed by atoms with Crippen LogP contribution in [-0.2, 0) is 16.0 Å². The van der Waals surface area contributed by atoms with Gasteiger partial charge in [-0.1, -0.05) is 60.7 Å². The van der Waals surface area contributed by atoms with Crippen molar-refractivity contribution in [3.63, 3.8) is 0 Å². The van der Waals surface area contributed by atoms with E-state index in [0.717, 1.165) is 35.5 Å². The number of nitrogens with zero attached hydrogens (tertiary/aromatic N) is 2. The van der Waals surface area contributed by atoms with Crippen LogP contribution in [0, 0.1) is 0 Å². The molecule has 0 unspecified atom stereocenters. The first-order chi connectivity index (χ1) is 15.6. The van der Waals surface area contributed by atoms with E-state index in [4.69, 9.17) is 4.74 Å². The van der Waals surface area contributed by atoms with Gasteiger partial charge >= 0.3 is 6.09 Å². The highest BCUT2D eigenvalue weighted by Crippen LogP contribution is 2.32. The molecule has 0 aliphatic carbocycles. The smallest absolute Gasteiger partial charge is 0.407 e. The number of benzene rings is 2. The van der Waals surface area contributed by atoms with Gasteiger partial charge in [0.25, 0.3) is 0 Å². The van der Waals surface area contributed by atoms with Gasteiger partial charge in [0.15, 0.2) is 0 Å². The Morgan fingerprint density at radius 1 is 1.16 bits per heavy atom. The zero-order valence-electron chi connectivity index (χ0n) is 18.2. The summed E-state index contributed by atoms with van der Waals surface area (Å²) in [5.41, 5.74) is 3.06. The first-order valence-corrected chi connectivity index (χ1v) is 10.9. The number of rotatable bonds is 7. The lowest BCUT2D eigenvalue weighted by Gasteiger charge is -2.26. The Bertz CT molecular complexity index is 1040. The minimum absolute atomic E-state index is 0.00231. The summed E-state index contributed by atoms with van der Waals surface area (Å²) < 4.78 is 4.77. The van der Waals surface area contributed by atoms with E-state index in [9.17, 15) is 9.59 Å². The van der Waals surface area contributed by atoms with Gasteiger partial charge in [0.2, 0.25) is 5.91 Å². The molecule has 1 aromatic heterocycles. The van der Waals surface area contributed by atoms with Crippen LogP contribution in [0.4, 0.5) is 4.79 Å². The Balaban J connectivity index is 1.47. The molecular weight excluding hydrogens is 404 g/mol. The molecule has 0 spiro atoms. The Hall–Kier alpha value is -3.61. The van der Waals surface area contributed by atoms with Crippen molar-refractivity contribution < 1.29 is 14.3 Å². The Kier molecular flexibility index (Phi) is 6.84. The van der Waals surface area contributed by atoms with Crippen molar-refractivity contribution in [3.05, 3.63) is 78.2 Å². The molecule has 32 heavy (non-hydrogen) atoms. The number of nitrogens with one attached hydrogen (secondary N) is 2. The molecule has 0 radical (unpaired) electrons. The first kappa shape index (κ1) is 21.6. The van der Waals surface area contributed by atoms with Crippen LogP contribution < -0.4 is 5.32 Å². The molecule has 7 nitrogen and oxygen atoms in total. The lowest BCUT2D eigenvalue weighted by Crippen LogP contribution is -2.42. The maximum atomic E-state index is 13.3. The van der Waals surface area contributed by atoms with Gasteiger partial charge in [0.1, 0.15) is 5.82 Å². The van der Waals surface area contributed by atoms with Crippen LogP contribution in [0.1, 0.15) is 36.7 Å². The van der Waals surface area contributed by atoms with Crippen LogP contribution in [0.5, 0.6) is 0 Å². The van der Waals surface area contributed by atoms with Crippen molar-refractivity contribution in [1.29, 1.82) is 0 Å². The number of aromatic nitrogens is 2. The number of imidazole rings is 1. The van der Waals surface area contributed by atoms with Crippen LogP contribution in [0.15, 0.2) is 66.9 Å². The van der Waals surface area contributed by atoms with E-state index in [0.29, 0.717) is 13.0 Å². The van der Waals surface area contributed by atoms with Crippen LogP contribution in [0.2, 0.25) is 0 Å². The zero-order valence-corrected chi connectivity index (χ0v) is 18.2. The zero-order chi connectivity index (χ0) is 22.3. The third-order valence-corrected chi connectivity index (χ3v) is 5.82. The Morgan fingerprint density at radius 2 is 1.88 bits per heavy atom. The average molecular weight is 433 g/mol. The summed E-state index contributed by atoms with van der Waals surface area (Å²) in [4.78, 5) is 35.0. The monoisotopic (exact) mass is 432 g/mol. The second-order valence-electron chi connectivity index (χ2n) is 8.02. The summed E-state index contributed by atoms with van der Waals surface area (Å²) in [5, 5.41) is 2.82. The van der Waals surface area contributed by atoms with Crippen LogP contribution in [-0.4, -0.2) is 46.6 Å². The average Bonchev–Trinajstić information content (AvgIpc) is 3.50. The van der Waals surface area contributed by atoms with Gasteiger partial charge in [0, 0.05) is 19.0 Å². The molecule has 1 aliphatic rings. The summed E-state index contributed by atoms with van der Waals surface area (Å²) in [5.74, 6) is 0.803. The summed E-state index contributed by atoms with van der Waals surface area (Å²) in [6.07, 6.45) is 3.83. The normalized spacial score (nSPS) is 16.5. The molecule has 1 fully saturated rings. The number of carbonyl (C=O) groups excluding carboxylic acids is 2. The summed E-state index contributed by atoms with van der Waals surface area (Å²) in [6, 6.07) is 19.4. The molecule has 1 aliphatic heterocycles. The summed E-state index contributed by atoms with van der Waals surface area (Å²) >= 11 is 0. The maximum absolute atomic E-state index is 13.3. The number of alkyl carbamates (subject to hydrolysis) is 1. The van der Waals surface area contributed by atoms with E-state index >= 15 is 0 Å². The molecule has 2 amide bonds. The molecule has 2 atom stereocenters. The van der Waals surface area contributed by atoms with Gasteiger partial charge in [-0.15, -0.1) is 0 Å². The highest BCUT2D eigenvalue weighted by molar-refractivity contribution is 5.78. The van der Waals surface area contributed by atoms with Crippen molar-refractivity contribution in [2.24, 2.45) is 0 Å². The predicted octanol–water partition coefficient (Wildman–Crippen LogP) is 4.10. The van der Waals surface area contributed by atoms with Crippen molar-refractivity contribution in [1.82, 2.24) is 20.2 Å². The molecule has 2 N–H and O–H groups in total. The van der Waals surface area contributed by atoms with E-state index in [1.165, 1.54) is 7.11 Å². The molecule has 0 bridgehead atoms. The van der Waals surface area contributed by atoms with Gasteiger partial charge < -0.3 is 19.9 Å². The highest BCUT2D eigenvalue weighted by Gasteiger charge is 2.33. The fourth-order valence-corrected chi connectivity index (χ4v) is 4.25. The largest absolute Gasteiger partial charge is 0.453 e. The van der Waals surface area contributed by atoms with E-state index in [1.54, 1.807) is 0 Å². The predicted molar refractivity (Wildman–Crippen MR) is 122 cm³/mol. The minimum Gasteiger partial charge on any atom is -0.453 e. The number of hydrogen-bond acceptors (Lipinski definition) is 4. The number of carbonyl (C=O) groups is 2. The second-order valence-corrected chi connectivity index (χ2v) is 8.02. The Labute approximate surface area is 187 Å². The number of H-pyrrole nitrogens is 1. The van der Waals surface area contributed by atoms with Crippen molar-refractivity contribution in [2.75, 3.05) is 13.7 Å². The summed E-state index contributed by atoms with van der Waals surface area (Å²) in [7, 11) is 1.33. The standard InChI is InChI=1S/C25H28N4O3/c1-32-25(31)27-20(15-18-9-4-2-5-10-18)16-23(30)29-14-8-13-22(29)24-26-17-21(28-24)19-11-6-3-7-12-19/h2-7,9-12,17,20,22H,8,13-16H2,1H3,(H,26,28)(H,27,31)/t20-,22+/m1/s1. The van der Waals surface area contributed by atoms with Crippen molar-refractivity contribution in [3.8, 4) is 11.3 Å². The van der Waals surface area contributed by atoms with E-state index < -0.39 is 6.09 Å². The van der Waals surface area contributed by atoms with E-state index in [2.05, 4.69) is 15.3 Å². The molecule has 1 saturated heterocycles. The molecule has 7 heteroatoms. The SMILES string of the molecule is COC(=O)N[C@@H](CC(=O)N1CCC[C@H]1c1ncc(-c2ccccc2)[nH]1)Cc1ccccc1. The molecule has 2 heterocycles. The third kappa shape index (κ3) is 5.17. The van der Waals surface area contributed by atoms with Gasteiger partial charge in [-0.3, -0.25) is 4.79 Å². The number of likely N-dealkylation sites (tertiary alicyclic amines) is 1. The quantitative estimate of drug-likeness (QED) is 0.589. The number of methoxy groups -OCH3 is 1. The molecule has 0 saturated carbocycles. The van der Waals surface area contributed by atoms with Gasteiger partial charge in [-0.25, -0.2) is 9.78 Å². The van der Waals surface area contributed by atoms with Gasteiger partial charge in [0.05, 0.1) is 25.0 Å². The minimum atomic E-state index is -0.532. The first-order valence-electron chi connectivity index (χ1n) is 10.9. The maximum Gasteiger partial charge on any atom is 0.407 e. The van der Waals surface area contributed by atoms with E-state index in [1.807, 2.05) is 71.8 Å². The molecule has 2 aromatic carbocycles. The third-order valence-electron chi connectivity index (χ3n) is 5.82. The van der Waals surface area contributed by atoms with Crippen LogP contribution in [0.3, 0.4) is 0 Å². The molecule has 166 valence electrons. The second kappa shape index (κ2) is 10.1.